The summed E-state index contributed by atoms with van der Waals surface area (Å²) in [4.78, 5) is 2.38. The van der Waals surface area contributed by atoms with E-state index >= 15 is 0 Å². The van der Waals surface area contributed by atoms with Crippen molar-refractivity contribution >= 4 is 17.3 Å². The molecule has 0 aliphatic carbocycles. The van der Waals surface area contributed by atoms with E-state index in [2.05, 4.69) is 49.1 Å². The molecule has 22 heavy (non-hydrogen) atoms. The first-order valence-electron chi connectivity index (χ1n) is 7.86. The van der Waals surface area contributed by atoms with Gasteiger partial charge in [0.2, 0.25) is 0 Å². The van der Waals surface area contributed by atoms with Crippen molar-refractivity contribution in [2.75, 3.05) is 18.0 Å². The Balaban J connectivity index is 1.84. The Morgan fingerprint density at radius 1 is 1.00 bits per heavy atom. The molecule has 116 valence electrons. The van der Waals surface area contributed by atoms with Crippen molar-refractivity contribution in [2.24, 2.45) is 5.73 Å². The fourth-order valence-corrected chi connectivity index (χ4v) is 3.39. The van der Waals surface area contributed by atoms with Gasteiger partial charge in [0, 0.05) is 35.8 Å². The van der Waals surface area contributed by atoms with Crippen LogP contribution in [0.1, 0.15) is 29.0 Å². The Morgan fingerprint density at radius 3 is 2.41 bits per heavy atom. The molecule has 1 heterocycles. The fourth-order valence-electron chi connectivity index (χ4n) is 3.26. The summed E-state index contributed by atoms with van der Waals surface area (Å²) in [5.74, 6) is 0.485. The molecule has 3 rings (SSSR count). The van der Waals surface area contributed by atoms with Gasteiger partial charge in [0.1, 0.15) is 0 Å². The van der Waals surface area contributed by atoms with Gasteiger partial charge in [-0.05, 0) is 61.2 Å². The predicted octanol–water partition coefficient (Wildman–Crippen LogP) is 4.28. The Labute approximate surface area is 137 Å². The monoisotopic (exact) mass is 314 g/mol. The van der Waals surface area contributed by atoms with Crippen LogP contribution in [0.2, 0.25) is 5.02 Å². The molecule has 0 amide bonds. The molecule has 2 unspecified atom stereocenters. The van der Waals surface area contributed by atoms with Gasteiger partial charge in [-0.2, -0.15) is 0 Å². The van der Waals surface area contributed by atoms with Crippen LogP contribution in [0.3, 0.4) is 0 Å². The van der Waals surface area contributed by atoms with E-state index < -0.39 is 0 Å². The molecule has 1 aliphatic rings. The fraction of sp³-hybridized carbons (Fsp3) is 0.368. The third-order valence-electron chi connectivity index (χ3n) is 4.68. The van der Waals surface area contributed by atoms with Gasteiger partial charge in [-0.1, -0.05) is 29.8 Å². The van der Waals surface area contributed by atoms with Crippen LogP contribution >= 0.6 is 11.6 Å². The molecular formula is C19H23ClN2. The van der Waals surface area contributed by atoms with Gasteiger partial charge >= 0.3 is 0 Å². The smallest absolute Gasteiger partial charge is 0.0407 e. The van der Waals surface area contributed by atoms with Crippen LogP contribution in [0.4, 0.5) is 5.69 Å². The van der Waals surface area contributed by atoms with Crippen LogP contribution in [-0.4, -0.2) is 19.1 Å². The molecule has 2 aromatic rings. The maximum atomic E-state index is 6.32. The quantitative estimate of drug-likeness (QED) is 0.896. The summed E-state index contributed by atoms with van der Waals surface area (Å²) in [6, 6.07) is 15.1. The second-order valence-electron chi connectivity index (χ2n) is 6.42. The average molecular weight is 315 g/mol. The lowest BCUT2D eigenvalue weighted by atomic mass is 9.87. The first-order chi connectivity index (χ1) is 10.5. The molecule has 1 fully saturated rings. The minimum absolute atomic E-state index is 0.205. The van der Waals surface area contributed by atoms with E-state index in [0.717, 1.165) is 24.5 Å². The molecule has 2 atom stereocenters. The van der Waals surface area contributed by atoms with Crippen molar-refractivity contribution in [3.63, 3.8) is 0 Å². The molecule has 0 radical (unpaired) electrons. The van der Waals surface area contributed by atoms with Crippen molar-refractivity contribution in [3.8, 4) is 0 Å². The first kappa shape index (κ1) is 15.4. The zero-order valence-electron chi connectivity index (χ0n) is 13.2. The molecule has 0 bridgehead atoms. The minimum Gasteiger partial charge on any atom is -0.369 e. The highest BCUT2D eigenvalue weighted by Gasteiger charge is 2.26. The van der Waals surface area contributed by atoms with Crippen LogP contribution in [0.5, 0.6) is 0 Å². The van der Waals surface area contributed by atoms with E-state index in [4.69, 9.17) is 17.3 Å². The highest BCUT2D eigenvalue weighted by atomic mass is 35.5. The molecule has 0 saturated carbocycles. The Bertz CT molecular complexity index is 651. The van der Waals surface area contributed by atoms with Crippen molar-refractivity contribution in [2.45, 2.75) is 32.2 Å². The summed E-state index contributed by atoms with van der Waals surface area (Å²) in [6.07, 6.45) is 1.05. The number of aryl methyl sites for hydroxylation is 2. The van der Waals surface area contributed by atoms with Crippen molar-refractivity contribution in [1.82, 2.24) is 0 Å². The third kappa shape index (κ3) is 3.29. The van der Waals surface area contributed by atoms with Crippen LogP contribution in [0, 0.1) is 13.8 Å². The normalized spacial score (nSPS) is 21.9. The van der Waals surface area contributed by atoms with Crippen molar-refractivity contribution in [3.05, 3.63) is 64.2 Å². The number of piperidine rings is 1. The summed E-state index contributed by atoms with van der Waals surface area (Å²) >= 11 is 5.99. The Hall–Kier alpha value is -1.51. The van der Waals surface area contributed by atoms with Crippen molar-refractivity contribution in [1.29, 1.82) is 0 Å². The number of halogens is 1. The Kier molecular flexibility index (Phi) is 4.42. The van der Waals surface area contributed by atoms with E-state index in [1.54, 1.807) is 0 Å². The second-order valence-corrected chi connectivity index (χ2v) is 6.85. The van der Waals surface area contributed by atoms with Gasteiger partial charge in [-0.3, -0.25) is 0 Å². The molecule has 3 heteroatoms. The van der Waals surface area contributed by atoms with E-state index in [9.17, 15) is 0 Å². The van der Waals surface area contributed by atoms with E-state index in [-0.39, 0.29) is 6.04 Å². The topological polar surface area (TPSA) is 29.3 Å². The van der Waals surface area contributed by atoms with E-state index in [1.165, 1.54) is 22.4 Å². The molecule has 0 spiro atoms. The van der Waals surface area contributed by atoms with Gasteiger partial charge in [0.05, 0.1) is 0 Å². The van der Waals surface area contributed by atoms with Crippen molar-refractivity contribution < 1.29 is 0 Å². The zero-order chi connectivity index (χ0) is 15.7. The van der Waals surface area contributed by atoms with Crippen LogP contribution in [0.25, 0.3) is 0 Å². The first-order valence-corrected chi connectivity index (χ1v) is 8.24. The molecule has 0 aromatic heterocycles. The lowest BCUT2D eigenvalue weighted by molar-refractivity contribution is 0.454. The highest BCUT2D eigenvalue weighted by molar-refractivity contribution is 6.30. The maximum absolute atomic E-state index is 6.32. The van der Waals surface area contributed by atoms with E-state index in [0.29, 0.717) is 5.92 Å². The number of nitrogens with two attached hydrogens (primary N) is 1. The van der Waals surface area contributed by atoms with Crippen LogP contribution in [-0.2, 0) is 0 Å². The largest absolute Gasteiger partial charge is 0.369 e. The van der Waals surface area contributed by atoms with Crippen LogP contribution in [0.15, 0.2) is 42.5 Å². The molecule has 2 N–H and O–H groups in total. The maximum Gasteiger partial charge on any atom is 0.0407 e. The summed E-state index contributed by atoms with van der Waals surface area (Å²) in [6.45, 7) is 6.26. The summed E-state index contributed by atoms with van der Waals surface area (Å²) in [7, 11) is 0. The third-order valence-corrected chi connectivity index (χ3v) is 4.93. The SMILES string of the molecule is Cc1ccc(C2CC(N)CN(c3ccc(Cl)cc3)C2)cc1C. The van der Waals surface area contributed by atoms with Crippen LogP contribution < -0.4 is 10.6 Å². The zero-order valence-corrected chi connectivity index (χ0v) is 14.0. The molecule has 2 nitrogen and oxygen atoms in total. The lowest BCUT2D eigenvalue weighted by Crippen LogP contribution is -2.46. The molecule has 1 saturated heterocycles. The molecule has 2 aromatic carbocycles. The van der Waals surface area contributed by atoms with Gasteiger partial charge in [0.25, 0.3) is 0 Å². The number of benzene rings is 2. The van der Waals surface area contributed by atoms with Gasteiger partial charge < -0.3 is 10.6 Å². The average Bonchev–Trinajstić information content (AvgIpc) is 2.50. The van der Waals surface area contributed by atoms with Gasteiger partial charge in [-0.25, -0.2) is 0 Å². The summed E-state index contributed by atoms with van der Waals surface area (Å²) in [5.41, 5.74) is 11.6. The van der Waals surface area contributed by atoms with Gasteiger partial charge in [-0.15, -0.1) is 0 Å². The molecular weight excluding hydrogens is 292 g/mol. The van der Waals surface area contributed by atoms with Gasteiger partial charge in [0.15, 0.2) is 0 Å². The second kappa shape index (κ2) is 6.31. The lowest BCUT2D eigenvalue weighted by Gasteiger charge is -2.38. The number of hydrogen-bond donors (Lipinski definition) is 1. The number of anilines is 1. The number of hydrogen-bond acceptors (Lipinski definition) is 2. The molecule has 1 aliphatic heterocycles. The van der Waals surface area contributed by atoms with E-state index in [1.807, 2.05) is 12.1 Å². The summed E-state index contributed by atoms with van der Waals surface area (Å²) in [5, 5.41) is 0.774. The number of rotatable bonds is 2. The standard InChI is InChI=1S/C19H23ClN2/c1-13-3-4-15(9-14(13)2)16-10-18(21)12-22(11-16)19-7-5-17(20)6-8-19/h3-9,16,18H,10-12,21H2,1-2H3. The number of nitrogens with zero attached hydrogens (tertiary/aromatic N) is 1. The highest BCUT2D eigenvalue weighted by Crippen LogP contribution is 2.31. The Morgan fingerprint density at radius 2 is 1.73 bits per heavy atom. The predicted molar refractivity (Wildman–Crippen MR) is 94.9 cm³/mol. The summed E-state index contributed by atoms with van der Waals surface area (Å²) < 4.78 is 0. The minimum atomic E-state index is 0.205.